The number of furan rings is 1. The first-order valence-electron chi connectivity index (χ1n) is 6.46. The van der Waals surface area contributed by atoms with Crippen LogP contribution in [0.15, 0.2) is 46.1 Å². The molecule has 22 heavy (non-hydrogen) atoms. The van der Waals surface area contributed by atoms with Gasteiger partial charge in [-0.05, 0) is 30.7 Å². The van der Waals surface area contributed by atoms with Crippen molar-refractivity contribution in [3.05, 3.63) is 52.9 Å². The molecule has 0 aliphatic carbocycles. The second-order valence-corrected chi connectivity index (χ2v) is 6.74. The van der Waals surface area contributed by atoms with Gasteiger partial charge in [-0.2, -0.15) is 0 Å². The van der Waals surface area contributed by atoms with Crippen molar-refractivity contribution < 1.29 is 17.6 Å². The lowest BCUT2D eigenvalue weighted by molar-refractivity contribution is 0.0953. The predicted octanol–water partition coefficient (Wildman–Crippen LogP) is 1.95. The summed E-state index contributed by atoms with van der Waals surface area (Å²) in [5.41, 5.74) is 1.25. The highest BCUT2D eigenvalue weighted by molar-refractivity contribution is 7.89. The molecule has 0 fully saturated rings. The lowest BCUT2D eigenvalue weighted by Crippen LogP contribution is -2.34. The highest BCUT2D eigenvalue weighted by Gasteiger charge is 2.17. The first kappa shape index (κ1) is 16.5. The zero-order chi connectivity index (χ0) is 16.2. The van der Waals surface area contributed by atoms with Crippen LogP contribution in [0.1, 0.15) is 15.9 Å². The smallest absolute Gasteiger partial charge is 0.254 e. The van der Waals surface area contributed by atoms with Gasteiger partial charge in [0.2, 0.25) is 10.0 Å². The topological polar surface area (TPSA) is 88.4 Å². The second kappa shape index (κ2) is 6.95. The van der Waals surface area contributed by atoms with Crippen LogP contribution < -0.4 is 10.0 Å². The number of sulfonamides is 1. The molecule has 0 unspecified atom stereocenters. The first-order chi connectivity index (χ1) is 10.4. The van der Waals surface area contributed by atoms with Gasteiger partial charge in [-0.3, -0.25) is 4.79 Å². The maximum Gasteiger partial charge on any atom is 0.254 e. The summed E-state index contributed by atoms with van der Waals surface area (Å²) >= 11 is 5.95. The SMILES string of the molecule is Cc1ccc(S(=O)(=O)NCCNC(=O)c2ccoc2)c(Cl)c1. The minimum Gasteiger partial charge on any atom is -0.472 e. The summed E-state index contributed by atoms with van der Waals surface area (Å²) in [6, 6.07) is 6.22. The molecule has 2 rings (SSSR count). The van der Waals surface area contributed by atoms with Crippen LogP contribution in [-0.4, -0.2) is 27.4 Å². The molecule has 0 bridgehead atoms. The number of benzene rings is 1. The van der Waals surface area contributed by atoms with Gasteiger partial charge in [-0.1, -0.05) is 17.7 Å². The fourth-order valence-corrected chi connectivity index (χ4v) is 3.39. The van der Waals surface area contributed by atoms with Crippen molar-refractivity contribution >= 4 is 27.5 Å². The number of hydrogen-bond acceptors (Lipinski definition) is 4. The summed E-state index contributed by atoms with van der Waals surface area (Å²) in [5, 5.41) is 2.74. The summed E-state index contributed by atoms with van der Waals surface area (Å²) in [6.07, 6.45) is 2.70. The quantitative estimate of drug-likeness (QED) is 0.785. The van der Waals surface area contributed by atoms with Crippen LogP contribution in [0.25, 0.3) is 0 Å². The number of hydrogen-bond donors (Lipinski definition) is 2. The molecular weight excluding hydrogens is 328 g/mol. The molecule has 0 spiro atoms. The molecule has 0 saturated carbocycles. The summed E-state index contributed by atoms with van der Waals surface area (Å²) in [6.45, 7) is 2.02. The Hall–Kier alpha value is -1.83. The molecule has 2 aromatic rings. The van der Waals surface area contributed by atoms with Gasteiger partial charge in [0, 0.05) is 13.1 Å². The fraction of sp³-hybridized carbons (Fsp3) is 0.214. The van der Waals surface area contributed by atoms with Crippen LogP contribution in [0.2, 0.25) is 5.02 Å². The van der Waals surface area contributed by atoms with Crippen molar-refractivity contribution in [2.24, 2.45) is 0 Å². The summed E-state index contributed by atoms with van der Waals surface area (Å²) in [4.78, 5) is 11.6. The minimum absolute atomic E-state index is 0.0147. The number of nitrogens with one attached hydrogen (secondary N) is 2. The third-order valence-electron chi connectivity index (χ3n) is 2.86. The van der Waals surface area contributed by atoms with Crippen molar-refractivity contribution in [1.29, 1.82) is 0 Å². The van der Waals surface area contributed by atoms with Gasteiger partial charge < -0.3 is 9.73 Å². The standard InChI is InChI=1S/C14H15ClN2O4S/c1-10-2-3-13(12(15)8-10)22(19,20)17-6-5-16-14(18)11-4-7-21-9-11/h2-4,7-9,17H,5-6H2,1H3,(H,16,18). The number of rotatable bonds is 6. The van der Waals surface area contributed by atoms with Crippen molar-refractivity contribution in [3.8, 4) is 0 Å². The Morgan fingerprint density at radius 3 is 2.68 bits per heavy atom. The Balaban J connectivity index is 1.89. The van der Waals surface area contributed by atoms with E-state index in [1.165, 1.54) is 24.7 Å². The van der Waals surface area contributed by atoms with E-state index < -0.39 is 10.0 Å². The third-order valence-corrected chi connectivity index (χ3v) is 4.81. The molecule has 0 aliphatic heterocycles. The van der Waals surface area contributed by atoms with E-state index >= 15 is 0 Å². The van der Waals surface area contributed by atoms with Gasteiger partial charge in [0.1, 0.15) is 11.2 Å². The Bertz CT molecular complexity index is 757. The number of halogens is 1. The van der Waals surface area contributed by atoms with E-state index in [1.807, 2.05) is 6.92 Å². The van der Waals surface area contributed by atoms with Gasteiger partial charge in [-0.15, -0.1) is 0 Å². The van der Waals surface area contributed by atoms with Crippen LogP contribution in [0.4, 0.5) is 0 Å². The summed E-state index contributed by atoms with van der Waals surface area (Å²) < 4.78 is 31.4. The lowest BCUT2D eigenvalue weighted by atomic mass is 10.2. The zero-order valence-corrected chi connectivity index (χ0v) is 13.4. The zero-order valence-electron chi connectivity index (χ0n) is 11.8. The van der Waals surface area contributed by atoms with Crippen molar-refractivity contribution in [3.63, 3.8) is 0 Å². The number of aryl methyl sites for hydroxylation is 1. The molecule has 1 aromatic heterocycles. The number of carbonyl (C=O) groups excluding carboxylic acids is 1. The van der Waals surface area contributed by atoms with Gasteiger partial charge in [0.05, 0.1) is 16.8 Å². The average Bonchev–Trinajstić information content (AvgIpc) is 2.97. The molecule has 0 aliphatic rings. The second-order valence-electron chi connectivity index (χ2n) is 4.60. The van der Waals surface area contributed by atoms with Crippen LogP contribution in [-0.2, 0) is 10.0 Å². The van der Waals surface area contributed by atoms with E-state index in [0.717, 1.165) is 5.56 Å². The van der Waals surface area contributed by atoms with Gasteiger partial charge >= 0.3 is 0 Å². The van der Waals surface area contributed by atoms with Crippen LogP contribution in [0.3, 0.4) is 0 Å². The van der Waals surface area contributed by atoms with Crippen molar-refractivity contribution in [1.82, 2.24) is 10.0 Å². The van der Waals surface area contributed by atoms with E-state index in [2.05, 4.69) is 10.0 Å². The minimum atomic E-state index is -3.71. The molecule has 1 heterocycles. The Morgan fingerprint density at radius 2 is 2.05 bits per heavy atom. The molecule has 1 amide bonds. The van der Waals surface area contributed by atoms with Gasteiger partial charge in [-0.25, -0.2) is 13.1 Å². The molecule has 2 N–H and O–H groups in total. The normalized spacial score (nSPS) is 11.4. The predicted molar refractivity (Wildman–Crippen MR) is 82.4 cm³/mol. The highest BCUT2D eigenvalue weighted by Crippen LogP contribution is 2.21. The molecule has 118 valence electrons. The fourth-order valence-electron chi connectivity index (χ4n) is 1.76. The Kier molecular flexibility index (Phi) is 5.23. The molecule has 0 saturated heterocycles. The van der Waals surface area contributed by atoms with Crippen LogP contribution >= 0.6 is 11.6 Å². The maximum absolute atomic E-state index is 12.1. The molecule has 0 radical (unpaired) electrons. The molecule has 8 heteroatoms. The van der Waals surface area contributed by atoms with E-state index in [0.29, 0.717) is 5.56 Å². The van der Waals surface area contributed by atoms with Crippen molar-refractivity contribution in [2.45, 2.75) is 11.8 Å². The van der Waals surface area contributed by atoms with Crippen molar-refractivity contribution in [2.75, 3.05) is 13.1 Å². The van der Waals surface area contributed by atoms with Gasteiger partial charge in [0.15, 0.2) is 0 Å². The Labute approximate surface area is 133 Å². The third kappa shape index (κ3) is 4.09. The maximum atomic E-state index is 12.1. The summed E-state index contributed by atoms with van der Waals surface area (Å²) in [5.74, 6) is -0.332. The lowest BCUT2D eigenvalue weighted by Gasteiger charge is -2.09. The number of carbonyl (C=O) groups is 1. The molecule has 6 nitrogen and oxygen atoms in total. The van der Waals surface area contributed by atoms with Gasteiger partial charge in [0.25, 0.3) is 5.91 Å². The molecule has 1 aromatic carbocycles. The average molecular weight is 343 g/mol. The summed E-state index contributed by atoms with van der Waals surface area (Å²) in [7, 11) is -3.71. The monoisotopic (exact) mass is 342 g/mol. The van der Waals surface area contributed by atoms with Crippen LogP contribution in [0, 0.1) is 6.92 Å². The van der Waals surface area contributed by atoms with E-state index in [4.69, 9.17) is 16.0 Å². The first-order valence-corrected chi connectivity index (χ1v) is 8.32. The van der Waals surface area contributed by atoms with E-state index in [1.54, 1.807) is 12.1 Å². The van der Waals surface area contributed by atoms with Crippen LogP contribution in [0.5, 0.6) is 0 Å². The highest BCUT2D eigenvalue weighted by atomic mass is 35.5. The number of amides is 1. The molecular formula is C14H15ClN2O4S. The van der Waals surface area contributed by atoms with E-state index in [-0.39, 0.29) is 28.9 Å². The largest absolute Gasteiger partial charge is 0.472 e. The molecule has 0 atom stereocenters. The Morgan fingerprint density at radius 1 is 1.27 bits per heavy atom. The van der Waals surface area contributed by atoms with E-state index in [9.17, 15) is 13.2 Å².